The van der Waals surface area contributed by atoms with Gasteiger partial charge in [0, 0.05) is 22.7 Å². The van der Waals surface area contributed by atoms with Gasteiger partial charge in [0.15, 0.2) is 0 Å². The standard InChI is InChI=1S/C13H17NS/c1-2-3-4-8-14-10-12-9-11-6-5-7-13(11)15-12/h1,9,14H,3-8,10H2. The minimum Gasteiger partial charge on any atom is -0.312 e. The van der Waals surface area contributed by atoms with Gasteiger partial charge in [-0.05, 0) is 43.9 Å². The number of nitrogens with one attached hydrogen (secondary N) is 1. The third-order valence-electron chi connectivity index (χ3n) is 2.77. The number of hydrogen-bond acceptors (Lipinski definition) is 2. The van der Waals surface area contributed by atoms with Gasteiger partial charge in [0.2, 0.25) is 0 Å². The van der Waals surface area contributed by atoms with E-state index < -0.39 is 0 Å². The van der Waals surface area contributed by atoms with E-state index in [1.807, 2.05) is 11.3 Å². The molecule has 0 aromatic carbocycles. The summed E-state index contributed by atoms with van der Waals surface area (Å²) < 4.78 is 0. The van der Waals surface area contributed by atoms with E-state index in [1.165, 1.54) is 24.1 Å². The lowest BCUT2D eigenvalue weighted by Gasteiger charge is -2.00. The van der Waals surface area contributed by atoms with Crippen LogP contribution in [0.25, 0.3) is 0 Å². The maximum absolute atomic E-state index is 5.19. The van der Waals surface area contributed by atoms with Crippen LogP contribution in [0.3, 0.4) is 0 Å². The molecule has 1 aromatic rings. The topological polar surface area (TPSA) is 12.0 Å². The maximum atomic E-state index is 5.19. The van der Waals surface area contributed by atoms with E-state index in [2.05, 4.69) is 17.3 Å². The predicted octanol–water partition coefficient (Wildman–Crippen LogP) is 2.74. The Labute approximate surface area is 95.9 Å². The predicted molar refractivity (Wildman–Crippen MR) is 66.1 cm³/mol. The summed E-state index contributed by atoms with van der Waals surface area (Å²) in [5, 5.41) is 3.44. The molecule has 80 valence electrons. The molecular formula is C13H17NS. The van der Waals surface area contributed by atoms with E-state index in [0.29, 0.717) is 0 Å². The van der Waals surface area contributed by atoms with Gasteiger partial charge in [0.1, 0.15) is 0 Å². The van der Waals surface area contributed by atoms with Crippen molar-refractivity contribution in [1.29, 1.82) is 0 Å². The van der Waals surface area contributed by atoms with Gasteiger partial charge in [0.05, 0.1) is 0 Å². The van der Waals surface area contributed by atoms with Crippen LogP contribution in [0.2, 0.25) is 0 Å². The monoisotopic (exact) mass is 219 g/mol. The second-order valence-electron chi connectivity index (χ2n) is 4.00. The lowest BCUT2D eigenvalue weighted by atomic mass is 10.2. The van der Waals surface area contributed by atoms with Gasteiger partial charge in [-0.15, -0.1) is 23.7 Å². The molecule has 1 aromatic heterocycles. The lowest BCUT2D eigenvalue weighted by Crippen LogP contribution is -2.13. The molecule has 1 nitrogen and oxygen atoms in total. The van der Waals surface area contributed by atoms with Crippen molar-refractivity contribution in [3.05, 3.63) is 21.4 Å². The van der Waals surface area contributed by atoms with E-state index >= 15 is 0 Å². The Morgan fingerprint density at radius 2 is 2.40 bits per heavy atom. The fourth-order valence-electron chi connectivity index (χ4n) is 2.00. The van der Waals surface area contributed by atoms with Crippen molar-refractivity contribution in [2.45, 2.75) is 38.6 Å². The van der Waals surface area contributed by atoms with Gasteiger partial charge in [-0.1, -0.05) is 0 Å². The van der Waals surface area contributed by atoms with Crippen LogP contribution in [-0.4, -0.2) is 6.54 Å². The highest BCUT2D eigenvalue weighted by atomic mass is 32.1. The molecule has 0 saturated carbocycles. The molecule has 0 spiro atoms. The molecule has 15 heavy (non-hydrogen) atoms. The molecular weight excluding hydrogens is 202 g/mol. The zero-order valence-electron chi connectivity index (χ0n) is 9.01. The van der Waals surface area contributed by atoms with E-state index in [-0.39, 0.29) is 0 Å². The number of fused-ring (bicyclic) bond motifs is 1. The smallest absolute Gasteiger partial charge is 0.0299 e. The highest BCUT2D eigenvalue weighted by molar-refractivity contribution is 7.12. The van der Waals surface area contributed by atoms with Gasteiger partial charge in [-0.3, -0.25) is 0 Å². The molecule has 0 bridgehead atoms. The van der Waals surface area contributed by atoms with Crippen molar-refractivity contribution in [3.63, 3.8) is 0 Å². The molecule has 1 aliphatic rings. The van der Waals surface area contributed by atoms with Crippen molar-refractivity contribution in [2.24, 2.45) is 0 Å². The van der Waals surface area contributed by atoms with Crippen LogP contribution < -0.4 is 5.32 Å². The Kier molecular flexibility index (Phi) is 3.82. The largest absolute Gasteiger partial charge is 0.312 e. The Hall–Kier alpha value is -0.780. The highest BCUT2D eigenvalue weighted by Gasteiger charge is 2.13. The van der Waals surface area contributed by atoms with Gasteiger partial charge in [-0.25, -0.2) is 0 Å². The molecule has 0 atom stereocenters. The third-order valence-corrected chi connectivity index (χ3v) is 4.01. The minimum atomic E-state index is 0.883. The molecule has 0 unspecified atom stereocenters. The normalized spacial score (nSPS) is 13.8. The average Bonchev–Trinajstić information content (AvgIpc) is 2.77. The molecule has 1 N–H and O–H groups in total. The summed E-state index contributed by atoms with van der Waals surface area (Å²) in [6, 6.07) is 2.38. The number of aryl methyl sites for hydroxylation is 2. The van der Waals surface area contributed by atoms with Crippen LogP contribution in [-0.2, 0) is 19.4 Å². The Morgan fingerprint density at radius 3 is 3.20 bits per heavy atom. The van der Waals surface area contributed by atoms with E-state index in [1.54, 1.807) is 10.4 Å². The van der Waals surface area contributed by atoms with Crippen molar-refractivity contribution < 1.29 is 0 Å². The minimum absolute atomic E-state index is 0.883. The molecule has 1 aliphatic carbocycles. The number of terminal acetylenes is 1. The van der Waals surface area contributed by atoms with E-state index in [4.69, 9.17) is 6.42 Å². The van der Waals surface area contributed by atoms with Crippen molar-refractivity contribution in [1.82, 2.24) is 5.32 Å². The van der Waals surface area contributed by atoms with Crippen molar-refractivity contribution >= 4 is 11.3 Å². The fraction of sp³-hybridized carbons (Fsp3) is 0.538. The summed E-state index contributed by atoms with van der Waals surface area (Å²) in [6.07, 6.45) is 11.1. The third kappa shape index (κ3) is 2.84. The van der Waals surface area contributed by atoms with Gasteiger partial charge >= 0.3 is 0 Å². The van der Waals surface area contributed by atoms with Crippen molar-refractivity contribution in [2.75, 3.05) is 6.54 Å². The number of unbranched alkanes of at least 4 members (excludes halogenated alkanes) is 1. The molecule has 0 saturated heterocycles. The summed E-state index contributed by atoms with van der Waals surface area (Å²) in [6.45, 7) is 2.05. The highest BCUT2D eigenvalue weighted by Crippen LogP contribution is 2.30. The first kappa shape index (κ1) is 10.7. The van der Waals surface area contributed by atoms with Crippen LogP contribution in [0.15, 0.2) is 6.07 Å². The summed E-state index contributed by atoms with van der Waals surface area (Å²) in [7, 11) is 0. The molecule has 1 heterocycles. The van der Waals surface area contributed by atoms with Crippen LogP contribution in [0, 0.1) is 12.3 Å². The SMILES string of the molecule is C#CCCCNCc1cc2c(s1)CCC2. The fourth-order valence-corrected chi connectivity index (χ4v) is 3.24. The summed E-state index contributed by atoms with van der Waals surface area (Å²) in [5.41, 5.74) is 1.60. The lowest BCUT2D eigenvalue weighted by molar-refractivity contribution is 0.664. The first-order valence-electron chi connectivity index (χ1n) is 5.65. The van der Waals surface area contributed by atoms with Crippen LogP contribution in [0.5, 0.6) is 0 Å². The number of hydrogen-bond donors (Lipinski definition) is 1. The second kappa shape index (κ2) is 5.34. The molecule has 0 aliphatic heterocycles. The second-order valence-corrected chi connectivity index (χ2v) is 5.22. The summed E-state index contributed by atoms with van der Waals surface area (Å²) >= 11 is 1.98. The summed E-state index contributed by atoms with van der Waals surface area (Å²) in [4.78, 5) is 3.11. The zero-order valence-corrected chi connectivity index (χ0v) is 9.83. The Morgan fingerprint density at radius 1 is 1.47 bits per heavy atom. The van der Waals surface area contributed by atoms with Crippen molar-refractivity contribution in [3.8, 4) is 12.3 Å². The Bertz CT molecular complexity index is 338. The maximum Gasteiger partial charge on any atom is 0.0299 e. The molecule has 0 amide bonds. The van der Waals surface area contributed by atoms with Gasteiger partial charge < -0.3 is 5.32 Å². The van der Waals surface area contributed by atoms with E-state index in [9.17, 15) is 0 Å². The first-order chi connectivity index (χ1) is 7.40. The van der Waals surface area contributed by atoms with E-state index in [0.717, 1.165) is 25.9 Å². The van der Waals surface area contributed by atoms with Crippen LogP contribution in [0.1, 0.15) is 34.6 Å². The molecule has 2 rings (SSSR count). The molecule has 2 heteroatoms. The summed E-state index contributed by atoms with van der Waals surface area (Å²) in [5.74, 6) is 2.66. The average molecular weight is 219 g/mol. The van der Waals surface area contributed by atoms with Crippen LogP contribution in [0.4, 0.5) is 0 Å². The molecule has 0 fully saturated rings. The quantitative estimate of drug-likeness (QED) is 0.593. The zero-order chi connectivity index (χ0) is 10.5. The number of rotatable bonds is 5. The Balaban J connectivity index is 1.73. The van der Waals surface area contributed by atoms with Crippen LogP contribution >= 0.6 is 11.3 Å². The molecule has 0 radical (unpaired) electrons. The first-order valence-corrected chi connectivity index (χ1v) is 6.46. The van der Waals surface area contributed by atoms with Gasteiger partial charge in [0.25, 0.3) is 0 Å². The number of thiophene rings is 1. The van der Waals surface area contributed by atoms with Gasteiger partial charge in [-0.2, -0.15) is 0 Å².